The SMILES string of the molecule is CCOC(C)OC1CCC(CC2CCC(O)CC2)CC1. The van der Waals surface area contributed by atoms with E-state index >= 15 is 0 Å². The molecular formula is C17H32O3. The molecule has 2 saturated carbocycles. The third-order valence-corrected chi connectivity index (χ3v) is 5.06. The molecule has 0 saturated heterocycles. The van der Waals surface area contributed by atoms with Gasteiger partial charge in [-0.15, -0.1) is 0 Å². The van der Waals surface area contributed by atoms with Crippen LogP contribution >= 0.6 is 0 Å². The fourth-order valence-corrected chi connectivity index (χ4v) is 3.90. The van der Waals surface area contributed by atoms with Crippen molar-refractivity contribution >= 4 is 0 Å². The molecule has 0 spiro atoms. The first-order chi connectivity index (χ1) is 9.67. The van der Waals surface area contributed by atoms with E-state index in [-0.39, 0.29) is 12.4 Å². The Kier molecular flexibility index (Phi) is 6.79. The van der Waals surface area contributed by atoms with E-state index in [0.717, 1.165) is 31.3 Å². The summed E-state index contributed by atoms with van der Waals surface area (Å²) in [4.78, 5) is 0. The topological polar surface area (TPSA) is 38.7 Å². The second-order valence-electron chi connectivity index (χ2n) is 6.71. The van der Waals surface area contributed by atoms with Crippen molar-refractivity contribution in [2.45, 2.75) is 90.1 Å². The van der Waals surface area contributed by atoms with E-state index in [1.54, 1.807) is 0 Å². The maximum Gasteiger partial charge on any atom is 0.155 e. The molecule has 3 nitrogen and oxygen atoms in total. The largest absolute Gasteiger partial charge is 0.393 e. The highest BCUT2D eigenvalue weighted by Gasteiger charge is 2.27. The van der Waals surface area contributed by atoms with Crippen molar-refractivity contribution in [1.82, 2.24) is 0 Å². The first-order valence-corrected chi connectivity index (χ1v) is 8.62. The zero-order valence-electron chi connectivity index (χ0n) is 13.2. The highest BCUT2D eigenvalue weighted by molar-refractivity contribution is 4.78. The molecule has 0 aromatic carbocycles. The van der Waals surface area contributed by atoms with Gasteiger partial charge >= 0.3 is 0 Å². The van der Waals surface area contributed by atoms with E-state index < -0.39 is 0 Å². The number of aliphatic hydroxyl groups is 1. The van der Waals surface area contributed by atoms with Gasteiger partial charge in [-0.3, -0.25) is 0 Å². The average Bonchev–Trinajstić information content (AvgIpc) is 2.44. The van der Waals surface area contributed by atoms with Gasteiger partial charge in [0, 0.05) is 6.61 Å². The summed E-state index contributed by atoms with van der Waals surface area (Å²) in [6.07, 6.45) is 11.2. The van der Waals surface area contributed by atoms with Crippen LogP contribution in [-0.2, 0) is 9.47 Å². The second kappa shape index (κ2) is 8.35. The lowest BCUT2D eigenvalue weighted by Crippen LogP contribution is -2.28. The van der Waals surface area contributed by atoms with Crippen LogP contribution in [0, 0.1) is 11.8 Å². The quantitative estimate of drug-likeness (QED) is 0.752. The molecule has 2 fully saturated rings. The third kappa shape index (κ3) is 5.34. The average molecular weight is 284 g/mol. The Bertz CT molecular complexity index is 253. The Balaban J connectivity index is 1.61. The van der Waals surface area contributed by atoms with Crippen LogP contribution in [0.15, 0.2) is 0 Å². The van der Waals surface area contributed by atoms with Crippen LogP contribution in [0.25, 0.3) is 0 Å². The normalized spacial score (nSPS) is 36.8. The first-order valence-electron chi connectivity index (χ1n) is 8.62. The van der Waals surface area contributed by atoms with Crippen molar-refractivity contribution in [2.75, 3.05) is 6.61 Å². The standard InChI is InChI=1S/C17H32O3/c1-3-19-13(2)20-17-10-6-15(7-11-17)12-14-4-8-16(18)9-5-14/h13-18H,3-12H2,1-2H3. The number of rotatable bonds is 6. The summed E-state index contributed by atoms with van der Waals surface area (Å²) in [5.74, 6) is 1.75. The van der Waals surface area contributed by atoms with Crippen LogP contribution in [0.2, 0.25) is 0 Å². The van der Waals surface area contributed by atoms with Gasteiger partial charge in [0.15, 0.2) is 6.29 Å². The molecule has 3 heteroatoms. The monoisotopic (exact) mass is 284 g/mol. The van der Waals surface area contributed by atoms with Crippen molar-refractivity contribution < 1.29 is 14.6 Å². The number of aliphatic hydroxyl groups excluding tert-OH is 1. The Hall–Kier alpha value is -0.120. The predicted octanol–water partition coefficient (Wildman–Crippen LogP) is 3.89. The molecule has 0 bridgehead atoms. The molecule has 0 radical (unpaired) electrons. The van der Waals surface area contributed by atoms with Crippen molar-refractivity contribution in [3.05, 3.63) is 0 Å². The van der Waals surface area contributed by atoms with Crippen molar-refractivity contribution in [3.63, 3.8) is 0 Å². The van der Waals surface area contributed by atoms with Crippen LogP contribution in [0.1, 0.15) is 71.6 Å². The van der Waals surface area contributed by atoms with Crippen molar-refractivity contribution in [2.24, 2.45) is 11.8 Å². The van der Waals surface area contributed by atoms with Gasteiger partial charge in [-0.1, -0.05) is 0 Å². The van der Waals surface area contributed by atoms with Crippen molar-refractivity contribution in [1.29, 1.82) is 0 Å². The molecule has 20 heavy (non-hydrogen) atoms. The number of hydrogen-bond donors (Lipinski definition) is 1. The highest BCUT2D eigenvalue weighted by Crippen LogP contribution is 2.36. The third-order valence-electron chi connectivity index (χ3n) is 5.06. The maximum atomic E-state index is 9.57. The van der Waals surface area contributed by atoms with Gasteiger partial charge in [0.1, 0.15) is 0 Å². The Morgan fingerprint density at radius 3 is 2.05 bits per heavy atom. The molecule has 0 aliphatic heterocycles. The lowest BCUT2D eigenvalue weighted by molar-refractivity contribution is -0.165. The van der Waals surface area contributed by atoms with Gasteiger partial charge in [-0.25, -0.2) is 0 Å². The Morgan fingerprint density at radius 1 is 0.950 bits per heavy atom. The number of hydrogen-bond acceptors (Lipinski definition) is 3. The summed E-state index contributed by atoms with van der Waals surface area (Å²) in [6, 6.07) is 0. The molecule has 2 aliphatic carbocycles. The molecule has 1 unspecified atom stereocenters. The van der Waals surface area contributed by atoms with E-state index in [1.165, 1.54) is 44.9 Å². The minimum atomic E-state index is -0.0543. The zero-order chi connectivity index (χ0) is 14.4. The Morgan fingerprint density at radius 2 is 1.50 bits per heavy atom. The smallest absolute Gasteiger partial charge is 0.155 e. The van der Waals surface area contributed by atoms with Gasteiger partial charge < -0.3 is 14.6 Å². The van der Waals surface area contributed by atoms with Gasteiger partial charge in [-0.05, 0) is 83.5 Å². The van der Waals surface area contributed by atoms with Crippen LogP contribution in [0.4, 0.5) is 0 Å². The molecule has 2 aliphatic rings. The van der Waals surface area contributed by atoms with E-state index in [0.29, 0.717) is 6.10 Å². The molecule has 2 rings (SSSR count). The summed E-state index contributed by atoms with van der Waals surface area (Å²) >= 11 is 0. The van der Waals surface area contributed by atoms with Gasteiger partial charge in [-0.2, -0.15) is 0 Å². The predicted molar refractivity (Wildman–Crippen MR) is 80.5 cm³/mol. The summed E-state index contributed by atoms with van der Waals surface area (Å²) in [7, 11) is 0. The molecule has 0 aromatic heterocycles. The van der Waals surface area contributed by atoms with Crippen LogP contribution in [-0.4, -0.2) is 30.2 Å². The van der Waals surface area contributed by atoms with Crippen molar-refractivity contribution in [3.8, 4) is 0 Å². The van der Waals surface area contributed by atoms with E-state index in [2.05, 4.69) is 0 Å². The van der Waals surface area contributed by atoms with E-state index in [9.17, 15) is 5.11 Å². The molecule has 118 valence electrons. The summed E-state index contributed by atoms with van der Waals surface area (Å²) in [6.45, 7) is 4.74. The van der Waals surface area contributed by atoms with E-state index in [1.807, 2.05) is 13.8 Å². The van der Waals surface area contributed by atoms with Crippen LogP contribution in [0.3, 0.4) is 0 Å². The first kappa shape index (κ1) is 16.3. The lowest BCUT2D eigenvalue weighted by atomic mass is 9.76. The fourth-order valence-electron chi connectivity index (χ4n) is 3.90. The molecule has 0 amide bonds. The molecular weight excluding hydrogens is 252 g/mol. The Labute approximate surface area is 124 Å². The summed E-state index contributed by atoms with van der Waals surface area (Å²) in [5, 5.41) is 9.57. The minimum absolute atomic E-state index is 0.0181. The van der Waals surface area contributed by atoms with Crippen LogP contribution in [0.5, 0.6) is 0 Å². The van der Waals surface area contributed by atoms with Gasteiger partial charge in [0.2, 0.25) is 0 Å². The van der Waals surface area contributed by atoms with E-state index in [4.69, 9.17) is 9.47 Å². The second-order valence-corrected chi connectivity index (χ2v) is 6.71. The fraction of sp³-hybridized carbons (Fsp3) is 1.00. The number of ether oxygens (including phenoxy) is 2. The summed E-state index contributed by atoms with van der Waals surface area (Å²) < 4.78 is 11.4. The summed E-state index contributed by atoms with van der Waals surface area (Å²) in [5.41, 5.74) is 0. The molecule has 0 heterocycles. The highest BCUT2D eigenvalue weighted by atomic mass is 16.7. The van der Waals surface area contributed by atoms with Crippen LogP contribution < -0.4 is 0 Å². The molecule has 0 aromatic rings. The minimum Gasteiger partial charge on any atom is -0.393 e. The molecule has 1 N–H and O–H groups in total. The van der Waals surface area contributed by atoms with Gasteiger partial charge in [0.05, 0.1) is 12.2 Å². The lowest BCUT2D eigenvalue weighted by Gasteiger charge is -2.33. The zero-order valence-corrected chi connectivity index (χ0v) is 13.2. The maximum absolute atomic E-state index is 9.57. The molecule has 1 atom stereocenters. The van der Waals surface area contributed by atoms with Gasteiger partial charge in [0.25, 0.3) is 0 Å².